The van der Waals surface area contributed by atoms with E-state index in [0.717, 1.165) is 27.6 Å². The van der Waals surface area contributed by atoms with Gasteiger partial charge in [0.2, 0.25) is 5.43 Å². The molecule has 1 aromatic carbocycles. The summed E-state index contributed by atoms with van der Waals surface area (Å²) in [6, 6.07) is 7.25. The molecular formula is C36H42N8O9S2. The Balaban J connectivity index is 1.37. The second-order valence-corrected chi connectivity index (χ2v) is 14.9. The molecule has 0 radical (unpaired) electrons. The predicted molar refractivity (Wildman–Crippen MR) is 203 cm³/mol. The van der Waals surface area contributed by atoms with Crippen molar-refractivity contribution < 1.29 is 33.9 Å². The van der Waals surface area contributed by atoms with Crippen molar-refractivity contribution in [2.75, 3.05) is 7.05 Å². The topological polar surface area (TPSA) is 234 Å². The largest absolute Gasteiger partial charge is 0.503 e. The summed E-state index contributed by atoms with van der Waals surface area (Å²) in [7, 11) is 1.52. The molecule has 4 heterocycles. The van der Waals surface area contributed by atoms with Gasteiger partial charge in [-0.05, 0) is 18.4 Å². The van der Waals surface area contributed by atoms with Crippen LogP contribution in [-0.2, 0) is 35.6 Å². The molecule has 17 nitrogen and oxygen atoms in total. The molecule has 0 bridgehead atoms. The quantitative estimate of drug-likeness (QED) is 0.0800. The average Bonchev–Trinajstić information content (AvgIpc) is 3.94. The number of hydrogen-bond acceptors (Lipinski definition) is 13. The lowest BCUT2D eigenvalue weighted by Gasteiger charge is -2.29. The van der Waals surface area contributed by atoms with Crippen LogP contribution in [0.1, 0.15) is 59.1 Å². The number of hydrogen-bond donors (Lipinski definition) is 6. The number of aromatic hydroxyl groups is 1. The van der Waals surface area contributed by atoms with Crippen LogP contribution in [0, 0.1) is 0 Å². The number of carbonyl (C=O) groups excluding carboxylic acids is 3. The van der Waals surface area contributed by atoms with Crippen LogP contribution in [0.5, 0.6) is 5.75 Å². The third-order valence-electron chi connectivity index (χ3n) is 8.32. The number of nitrogens with zero attached hydrogens (tertiary/aromatic N) is 4. The van der Waals surface area contributed by atoms with Gasteiger partial charge in [-0.25, -0.2) is 14.6 Å². The van der Waals surface area contributed by atoms with Gasteiger partial charge in [-0.2, -0.15) is 5.16 Å². The van der Waals surface area contributed by atoms with E-state index in [4.69, 9.17) is 9.26 Å². The van der Waals surface area contributed by atoms with Crippen molar-refractivity contribution in [3.05, 3.63) is 119 Å². The molecule has 0 aliphatic heterocycles. The summed E-state index contributed by atoms with van der Waals surface area (Å²) >= 11 is 2.79. The highest BCUT2D eigenvalue weighted by molar-refractivity contribution is 7.09. The highest BCUT2D eigenvalue weighted by Crippen LogP contribution is 2.21. The SMILES string of the molecule is CC(C)c1nc(CN(C)C(=O)NC(C(=O)N[C@@H](C[C@H](O)[C@@H](Cc2ccccc2)NC(=O)OCc2cncs2)Cn2ccc(=O)c(O)c2)c2cc(=O)[nH]o2)cs1. The summed E-state index contributed by atoms with van der Waals surface area (Å²) < 4.78 is 12.1. The number of benzene rings is 1. The molecule has 1 unspecified atom stereocenters. The van der Waals surface area contributed by atoms with E-state index in [1.54, 1.807) is 11.7 Å². The molecule has 0 spiro atoms. The van der Waals surface area contributed by atoms with Crippen molar-refractivity contribution in [1.82, 2.24) is 40.5 Å². The Morgan fingerprint density at radius 1 is 1.09 bits per heavy atom. The number of aromatic nitrogens is 4. The van der Waals surface area contributed by atoms with Crippen molar-refractivity contribution in [3.8, 4) is 5.75 Å². The van der Waals surface area contributed by atoms with E-state index in [0.29, 0.717) is 5.69 Å². The molecule has 5 rings (SSSR count). The van der Waals surface area contributed by atoms with E-state index in [1.807, 2.05) is 49.6 Å². The molecular weight excluding hydrogens is 753 g/mol. The fourth-order valence-corrected chi connectivity index (χ4v) is 6.84. The van der Waals surface area contributed by atoms with Gasteiger partial charge < -0.3 is 44.9 Å². The van der Waals surface area contributed by atoms with Crippen LogP contribution < -0.4 is 26.9 Å². The number of urea groups is 1. The van der Waals surface area contributed by atoms with Crippen molar-refractivity contribution in [3.63, 3.8) is 0 Å². The van der Waals surface area contributed by atoms with Crippen LogP contribution in [0.15, 0.2) is 86.1 Å². The number of aliphatic hydroxyl groups is 1. The lowest BCUT2D eigenvalue weighted by Crippen LogP contribution is -2.51. The Labute approximate surface area is 323 Å². The molecule has 55 heavy (non-hydrogen) atoms. The molecule has 0 fully saturated rings. The van der Waals surface area contributed by atoms with Crippen LogP contribution in [0.25, 0.3) is 0 Å². The van der Waals surface area contributed by atoms with E-state index in [9.17, 15) is 34.2 Å². The van der Waals surface area contributed by atoms with Crippen molar-refractivity contribution >= 4 is 40.7 Å². The number of thiazole rings is 2. The number of aromatic amines is 1. The van der Waals surface area contributed by atoms with Gasteiger partial charge in [-0.3, -0.25) is 19.4 Å². The van der Waals surface area contributed by atoms with Gasteiger partial charge in [0.15, 0.2) is 17.6 Å². The third-order valence-corrected chi connectivity index (χ3v) is 10.3. The maximum atomic E-state index is 14.1. The Hall–Kier alpha value is -5.79. The highest BCUT2D eigenvalue weighted by atomic mass is 32.1. The molecule has 4 atom stereocenters. The first-order valence-corrected chi connectivity index (χ1v) is 19.0. The zero-order chi connectivity index (χ0) is 39.5. The summed E-state index contributed by atoms with van der Waals surface area (Å²) in [6.07, 6.45) is 2.07. The van der Waals surface area contributed by atoms with Crippen molar-refractivity contribution in [2.24, 2.45) is 0 Å². The first kappa shape index (κ1) is 40.4. The molecule has 0 saturated carbocycles. The van der Waals surface area contributed by atoms with Crippen LogP contribution in [0.4, 0.5) is 9.59 Å². The molecule has 0 aliphatic carbocycles. The van der Waals surface area contributed by atoms with Crippen molar-refractivity contribution in [2.45, 2.75) is 76.5 Å². The number of ether oxygens (including phenoxy) is 1. The Morgan fingerprint density at radius 2 is 1.87 bits per heavy atom. The molecule has 4 aromatic heterocycles. The van der Waals surface area contributed by atoms with Gasteiger partial charge in [-0.1, -0.05) is 44.2 Å². The van der Waals surface area contributed by atoms with Gasteiger partial charge in [0.1, 0.15) is 6.61 Å². The van der Waals surface area contributed by atoms with Gasteiger partial charge in [0, 0.05) is 61.7 Å². The van der Waals surface area contributed by atoms with Crippen LogP contribution in [0.2, 0.25) is 0 Å². The lowest BCUT2D eigenvalue weighted by atomic mass is 9.96. The number of nitrogens with one attached hydrogen (secondary N) is 4. The van der Waals surface area contributed by atoms with E-state index >= 15 is 0 Å². The molecule has 5 aromatic rings. The third kappa shape index (κ3) is 11.8. The zero-order valence-corrected chi connectivity index (χ0v) is 31.8. The zero-order valence-electron chi connectivity index (χ0n) is 30.2. The second-order valence-electron chi connectivity index (χ2n) is 13.1. The summed E-state index contributed by atoms with van der Waals surface area (Å²) in [5.41, 5.74) is 1.80. The second kappa shape index (κ2) is 19.0. The van der Waals surface area contributed by atoms with Gasteiger partial charge in [-0.15, -0.1) is 22.7 Å². The van der Waals surface area contributed by atoms with Gasteiger partial charge in [0.05, 0.1) is 39.8 Å². The molecule has 292 valence electrons. The van der Waals surface area contributed by atoms with Crippen LogP contribution >= 0.6 is 22.7 Å². The number of rotatable bonds is 17. The molecule has 4 amide bonds. The summed E-state index contributed by atoms with van der Waals surface area (Å²) in [5, 5.41) is 34.9. The lowest BCUT2D eigenvalue weighted by molar-refractivity contribution is -0.124. The van der Waals surface area contributed by atoms with E-state index in [-0.39, 0.29) is 44.2 Å². The first-order valence-electron chi connectivity index (χ1n) is 17.2. The highest BCUT2D eigenvalue weighted by Gasteiger charge is 2.32. The number of carbonyl (C=O) groups is 3. The number of amides is 4. The summed E-state index contributed by atoms with van der Waals surface area (Å²) in [4.78, 5) is 75.0. The van der Waals surface area contributed by atoms with E-state index in [1.165, 1.54) is 51.6 Å². The Kier molecular flexibility index (Phi) is 14.0. The van der Waals surface area contributed by atoms with Crippen molar-refractivity contribution in [1.29, 1.82) is 0 Å². The normalized spacial score (nSPS) is 13.4. The van der Waals surface area contributed by atoms with E-state index < -0.39 is 59.0 Å². The summed E-state index contributed by atoms with van der Waals surface area (Å²) in [6.45, 7) is 4.05. The number of alkyl carbamates (subject to hydrolysis) is 1. The fraction of sp³-hybridized carbons (Fsp3) is 0.361. The standard InChI is InChI=1S/C36H42N8O9S2/c1-21(2)34-39-24(19-54-34)15-43(3)35(50)41-32(30-13-31(48)42-53-30)33(49)38-23(16-44-10-9-27(45)29(47)17-44)12-28(46)26(11-22-7-5-4-6-8-22)40-36(51)52-18-25-14-37-20-55-25/h4-10,13-14,17,19-21,23,26,28,32,46-47H,11-12,15-16,18H2,1-3H3,(H,38,49)(H,40,51)(H,41,50)(H,42,48)/t23-,26+,28-,32?/m0/s1. The Morgan fingerprint density at radius 3 is 2.53 bits per heavy atom. The predicted octanol–water partition coefficient (Wildman–Crippen LogP) is 3.23. The first-order chi connectivity index (χ1) is 26.3. The van der Waals surface area contributed by atoms with Gasteiger partial charge >= 0.3 is 12.1 Å². The monoisotopic (exact) mass is 794 g/mol. The van der Waals surface area contributed by atoms with E-state index in [2.05, 4.69) is 31.1 Å². The number of pyridine rings is 1. The maximum absolute atomic E-state index is 14.1. The maximum Gasteiger partial charge on any atom is 0.407 e. The van der Waals surface area contributed by atoms with Crippen LogP contribution in [0.3, 0.4) is 0 Å². The molecule has 6 N–H and O–H groups in total. The van der Waals surface area contributed by atoms with Crippen LogP contribution in [-0.4, -0.2) is 78.1 Å². The Bertz CT molecular complexity index is 2130. The minimum atomic E-state index is -1.52. The minimum Gasteiger partial charge on any atom is -0.503 e. The summed E-state index contributed by atoms with van der Waals surface area (Å²) in [5.74, 6) is -1.32. The molecule has 19 heteroatoms. The fourth-order valence-electron chi connectivity index (χ4n) is 5.51. The number of aliphatic hydroxyl groups excluding tert-OH is 1. The molecule has 0 saturated heterocycles. The average molecular weight is 795 g/mol. The smallest absolute Gasteiger partial charge is 0.407 e. The van der Waals surface area contributed by atoms with Gasteiger partial charge in [0.25, 0.3) is 11.5 Å². The minimum absolute atomic E-state index is 0.0283. The number of H-pyrrole nitrogens is 1. The molecule has 0 aliphatic rings.